The van der Waals surface area contributed by atoms with Crippen LogP contribution in [0.25, 0.3) is 0 Å². The van der Waals surface area contributed by atoms with Gasteiger partial charge in [-0.3, -0.25) is 9.69 Å². The molecule has 52 heavy (non-hydrogen) atoms. The Balaban J connectivity index is 1.03. The fourth-order valence-corrected chi connectivity index (χ4v) is 7.47. The van der Waals surface area contributed by atoms with E-state index in [0.717, 1.165) is 63.6 Å². The zero-order chi connectivity index (χ0) is 36.8. The lowest BCUT2D eigenvalue weighted by Gasteiger charge is -2.48. The standard InChI is InChI=1S/C40H51FN6O5/c1-4-43-17-19-44(20-18-43)27-28(2)45-21-23-46(24-22-45)40(51)42-26-29-5-11-32(12-6-29)47-38(34-14-13-33(52-3)25-37(34)49)35(39(47)50)15-16-36(48)30-7-9-31(41)10-8-30/h5-14,25,35-36,38,48-49H,2,4,15-24,26-27H2,1,3H3,(H,42,51). The minimum Gasteiger partial charge on any atom is -0.507 e. The Bertz CT molecular complexity index is 1690. The van der Waals surface area contributed by atoms with E-state index >= 15 is 0 Å². The van der Waals surface area contributed by atoms with Crippen molar-refractivity contribution in [1.29, 1.82) is 0 Å². The quantitative estimate of drug-likeness (QED) is 0.218. The van der Waals surface area contributed by atoms with E-state index in [9.17, 15) is 24.2 Å². The summed E-state index contributed by atoms with van der Waals surface area (Å²) in [7, 11) is 1.52. The summed E-state index contributed by atoms with van der Waals surface area (Å²) in [6, 6.07) is 17.6. The van der Waals surface area contributed by atoms with E-state index in [1.54, 1.807) is 29.2 Å². The lowest BCUT2D eigenvalue weighted by molar-refractivity contribution is -0.131. The first-order valence-corrected chi connectivity index (χ1v) is 18.3. The Labute approximate surface area is 305 Å². The van der Waals surface area contributed by atoms with Gasteiger partial charge in [0.2, 0.25) is 5.91 Å². The molecule has 278 valence electrons. The Hall–Kier alpha value is -4.65. The molecule has 3 saturated heterocycles. The van der Waals surface area contributed by atoms with Gasteiger partial charge >= 0.3 is 6.03 Å². The number of ether oxygens (including phenoxy) is 1. The Morgan fingerprint density at radius 2 is 1.60 bits per heavy atom. The highest BCUT2D eigenvalue weighted by molar-refractivity contribution is 6.03. The molecule has 0 aliphatic carbocycles. The number of carbonyl (C=O) groups excluding carboxylic acids is 2. The lowest BCUT2D eigenvalue weighted by Crippen LogP contribution is -2.55. The van der Waals surface area contributed by atoms with E-state index in [1.807, 2.05) is 29.2 Å². The van der Waals surface area contributed by atoms with Crippen LogP contribution in [0.3, 0.4) is 0 Å². The van der Waals surface area contributed by atoms with Crippen LogP contribution in [0, 0.1) is 11.7 Å². The Morgan fingerprint density at radius 3 is 2.23 bits per heavy atom. The number of hydrogen-bond acceptors (Lipinski definition) is 8. The van der Waals surface area contributed by atoms with Crippen LogP contribution in [0.5, 0.6) is 11.5 Å². The second kappa shape index (κ2) is 16.8. The molecule has 3 fully saturated rings. The average molecular weight is 715 g/mol. The predicted molar refractivity (Wildman–Crippen MR) is 198 cm³/mol. The van der Waals surface area contributed by atoms with Crippen molar-refractivity contribution in [2.45, 2.75) is 38.5 Å². The summed E-state index contributed by atoms with van der Waals surface area (Å²) in [6.07, 6.45) is -0.197. The van der Waals surface area contributed by atoms with Crippen LogP contribution < -0.4 is 15.0 Å². The molecule has 0 saturated carbocycles. The number of aliphatic hydroxyl groups excluding tert-OH is 1. The number of anilines is 1. The maximum atomic E-state index is 13.7. The molecule has 3 aliphatic heterocycles. The number of benzene rings is 3. The lowest BCUT2D eigenvalue weighted by atomic mass is 9.78. The number of nitrogens with zero attached hydrogens (tertiary/aromatic N) is 5. The molecule has 3 atom stereocenters. The number of hydrogen-bond donors (Lipinski definition) is 3. The van der Waals surface area contributed by atoms with Crippen molar-refractivity contribution in [3.8, 4) is 11.5 Å². The predicted octanol–water partition coefficient (Wildman–Crippen LogP) is 4.74. The number of amides is 3. The number of methoxy groups -OCH3 is 1. The summed E-state index contributed by atoms with van der Waals surface area (Å²) in [5.74, 6) is -0.471. The van der Waals surface area contributed by atoms with Crippen molar-refractivity contribution in [3.63, 3.8) is 0 Å². The summed E-state index contributed by atoms with van der Waals surface area (Å²) in [5, 5.41) is 24.8. The second-order valence-corrected chi connectivity index (χ2v) is 13.9. The molecule has 3 aromatic rings. The number of aliphatic hydroxyl groups is 1. The molecule has 6 rings (SSSR count). The van der Waals surface area contributed by atoms with Gasteiger partial charge in [0.15, 0.2) is 0 Å². The molecule has 0 radical (unpaired) electrons. The first-order valence-electron chi connectivity index (χ1n) is 18.3. The van der Waals surface area contributed by atoms with Crippen molar-refractivity contribution in [3.05, 3.63) is 102 Å². The number of urea groups is 1. The fourth-order valence-electron chi connectivity index (χ4n) is 7.47. The minimum absolute atomic E-state index is 0.0147. The van der Waals surface area contributed by atoms with Gasteiger partial charge in [-0.15, -0.1) is 0 Å². The second-order valence-electron chi connectivity index (χ2n) is 13.9. The number of halogens is 1. The maximum Gasteiger partial charge on any atom is 0.317 e. The highest BCUT2D eigenvalue weighted by atomic mass is 19.1. The van der Waals surface area contributed by atoms with Crippen LogP contribution in [0.1, 0.15) is 48.6 Å². The van der Waals surface area contributed by atoms with E-state index in [-0.39, 0.29) is 23.5 Å². The van der Waals surface area contributed by atoms with Gasteiger partial charge in [0.05, 0.1) is 25.2 Å². The van der Waals surface area contributed by atoms with E-state index in [1.165, 1.54) is 25.3 Å². The Morgan fingerprint density at radius 1 is 0.942 bits per heavy atom. The number of nitrogens with one attached hydrogen (secondary N) is 1. The van der Waals surface area contributed by atoms with Crippen LogP contribution in [0.15, 0.2) is 79.0 Å². The molecule has 12 heteroatoms. The SMILES string of the molecule is C=C(CN1CCN(CC)CC1)N1CCN(C(=O)NCc2ccc(N3C(=O)C(CCC(O)c4ccc(F)cc4)C3c3ccc(OC)cc3O)cc2)CC1. The molecular weight excluding hydrogens is 663 g/mol. The van der Waals surface area contributed by atoms with Crippen LogP contribution in [0.4, 0.5) is 14.9 Å². The van der Waals surface area contributed by atoms with Gasteiger partial charge in [0.25, 0.3) is 0 Å². The largest absolute Gasteiger partial charge is 0.507 e. The van der Waals surface area contributed by atoms with Gasteiger partial charge in [-0.1, -0.05) is 37.8 Å². The molecule has 3 heterocycles. The van der Waals surface area contributed by atoms with E-state index < -0.39 is 18.1 Å². The molecule has 0 spiro atoms. The highest BCUT2D eigenvalue weighted by Gasteiger charge is 2.49. The fraction of sp³-hybridized carbons (Fsp3) is 0.450. The van der Waals surface area contributed by atoms with Crippen LogP contribution in [-0.4, -0.2) is 114 Å². The summed E-state index contributed by atoms with van der Waals surface area (Å²) < 4.78 is 18.7. The molecule has 3 aromatic carbocycles. The van der Waals surface area contributed by atoms with Gasteiger partial charge in [-0.05, 0) is 66.9 Å². The number of carbonyl (C=O) groups is 2. The van der Waals surface area contributed by atoms with Crippen molar-refractivity contribution in [2.24, 2.45) is 5.92 Å². The van der Waals surface area contributed by atoms with Gasteiger partial charge in [0.1, 0.15) is 17.3 Å². The minimum atomic E-state index is -0.859. The van der Waals surface area contributed by atoms with Gasteiger partial charge in [0, 0.05) is 88.5 Å². The third-order valence-corrected chi connectivity index (χ3v) is 10.8. The molecule has 0 bridgehead atoms. The molecule has 3 amide bonds. The van der Waals surface area contributed by atoms with E-state index in [2.05, 4.69) is 33.5 Å². The number of phenols is 1. The molecule has 3 aliphatic rings. The summed E-state index contributed by atoms with van der Waals surface area (Å²) in [4.78, 5) is 37.4. The number of rotatable bonds is 13. The molecule has 0 aromatic heterocycles. The third kappa shape index (κ3) is 8.52. The third-order valence-electron chi connectivity index (χ3n) is 10.8. The number of aromatic hydroxyl groups is 1. The number of β-lactam (4-membered cyclic amide) rings is 1. The number of piperazine rings is 2. The van der Waals surface area contributed by atoms with Crippen molar-refractivity contribution in [2.75, 3.05) is 77.5 Å². The van der Waals surface area contributed by atoms with Gasteiger partial charge < -0.3 is 39.9 Å². The normalized spacial score (nSPS) is 20.4. The smallest absolute Gasteiger partial charge is 0.317 e. The average Bonchev–Trinajstić information content (AvgIpc) is 3.17. The van der Waals surface area contributed by atoms with Crippen molar-refractivity contribution < 1.29 is 28.9 Å². The summed E-state index contributed by atoms with van der Waals surface area (Å²) >= 11 is 0. The maximum absolute atomic E-state index is 13.7. The first-order chi connectivity index (χ1) is 25.1. The summed E-state index contributed by atoms with van der Waals surface area (Å²) in [5.41, 5.74) is 3.83. The molecule has 3 N–H and O–H groups in total. The topological polar surface area (TPSA) is 112 Å². The zero-order valence-corrected chi connectivity index (χ0v) is 30.2. The number of phenolic OH excluding ortho intramolecular Hbond substituents is 1. The zero-order valence-electron chi connectivity index (χ0n) is 30.2. The molecule has 3 unspecified atom stereocenters. The van der Waals surface area contributed by atoms with Crippen LogP contribution in [-0.2, 0) is 11.3 Å². The van der Waals surface area contributed by atoms with Crippen molar-refractivity contribution in [1.82, 2.24) is 24.9 Å². The van der Waals surface area contributed by atoms with Gasteiger partial charge in [-0.2, -0.15) is 0 Å². The summed E-state index contributed by atoms with van der Waals surface area (Å²) in [6.45, 7) is 16.0. The van der Waals surface area contributed by atoms with Crippen LogP contribution >= 0.6 is 0 Å². The van der Waals surface area contributed by atoms with Gasteiger partial charge in [-0.25, -0.2) is 9.18 Å². The van der Waals surface area contributed by atoms with Crippen LogP contribution in [0.2, 0.25) is 0 Å². The number of likely N-dealkylation sites (N-methyl/N-ethyl adjacent to an activating group) is 1. The van der Waals surface area contributed by atoms with Crippen molar-refractivity contribution >= 4 is 17.6 Å². The Kier molecular flexibility index (Phi) is 12.0. The first kappa shape index (κ1) is 37.1. The van der Waals surface area contributed by atoms with E-state index in [0.29, 0.717) is 55.0 Å². The highest BCUT2D eigenvalue weighted by Crippen LogP contribution is 2.49. The molecule has 11 nitrogen and oxygen atoms in total. The molecular formula is C40H51FN6O5. The van der Waals surface area contributed by atoms with E-state index in [4.69, 9.17) is 4.74 Å². The monoisotopic (exact) mass is 714 g/mol.